The number of hydrogen-bond acceptors (Lipinski definition) is 11. The summed E-state index contributed by atoms with van der Waals surface area (Å²) in [5.41, 5.74) is 17.0. The van der Waals surface area contributed by atoms with Gasteiger partial charge in [-0.2, -0.15) is 8.42 Å². The summed E-state index contributed by atoms with van der Waals surface area (Å²) in [7, 11) is -4.02. The number of nitrogens with zero attached hydrogens (tertiary/aromatic N) is 6. The zero-order valence-corrected chi connectivity index (χ0v) is 25.7. The Labute approximate surface area is 253 Å². The number of aliphatic hydroxyl groups excluding tert-OH is 1. The summed E-state index contributed by atoms with van der Waals surface area (Å²) in [4.78, 5) is 5.21. The largest absolute Gasteiger partial charge is 0.394 e. The molecule has 16 nitrogen and oxygen atoms in total. The zero-order chi connectivity index (χ0) is 31.9. The highest BCUT2D eigenvalue weighted by molar-refractivity contribution is 7.85. The number of rotatable bonds is 21. The van der Waals surface area contributed by atoms with Gasteiger partial charge in [0.25, 0.3) is 10.1 Å². The summed E-state index contributed by atoms with van der Waals surface area (Å²) in [5, 5.41) is 15.1. The van der Waals surface area contributed by atoms with Crippen molar-refractivity contribution in [1.82, 2.24) is 0 Å². The average Bonchev–Trinajstić information content (AvgIpc) is 3.00. The van der Waals surface area contributed by atoms with Gasteiger partial charge in [-0.05, 0) is 62.2 Å². The first-order valence-corrected chi connectivity index (χ1v) is 15.5. The predicted octanol–water partition coefficient (Wildman–Crippen LogP) is 4.22. The Morgan fingerprint density at radius 2 is 1.35 bits per heavy atom. The number of aryl methyl sites for hydroxylation is 1. The van der Waals surface area contributed by atoms with Crippen molar-refractivity contribution in [2.24, 2.45) is 10.2 Å². The van der Waals surface area contributed by atoms with Gasteiger partial charge in [-0.25, -0.2) is 0 Å². The minimum absolute atomic E-state index is 0.0386. The van der Waals surface area contributed by atoms with Crippen LogP contribution < -0.4 is 0 Å². The van der Waals surface area contributed by atoms with E-state index in [2.05, 4.69) is 20.1 Å². The molecule has 1 aromatic rings. The summed E-state index contributed by atoms with van der Waals surface area (Å²) >= 11 is 0. The molecule has 1 saturated heterocycles. The fourth-order valence-electron chi connectivity index (χ4n) is 3.06. The maximum Gasteiger partial charge on any atom is 0.294 e. The Morgan fingerprint density at radius 3 is 1.81 bits per heavy atom. The van der Waals surface area contributed by atoms with Gasteiger partial charge in [-0.3, -0.25) is 4.55 Å². The normalized spacial score (nSPS) is 14.3. The van der Waals surface area contributed by atoms with E-state index in [0.29, 0.717) is 72.6 Å². The van der Waals surface area contributed by atoms with Crippen molar-refractivity contribution in [2.75, 3.05) is 85.8 Å². The van der Waals surface area contributed by atoms with Gasteiger partial charge in [-0.15, -0.1) is 0 Å². The zero-order valence-electron chi connectivity index (χ0n) is 24.9. The second-order valence-corrected chi connectivity index (χ2v) is 10.2. The first kappa shape index (κ1) is 40.5. The van der Waals surface area contributed by atoms with Crippen LogP contribution in [0.15, 0.2) is 39.4 Å². The molecule has 0 aromatic heterocycles. The molecule has 1 aromatic carbocycles. The lowest BCUT2D eigenvalue weighted by Crippen LogP contribution is -2.24. The lowest BCUT2D eigenvalue weighted by atomic mass is 10.2. The van der Waals surface area contributed by atoms with Crippen LogP contribution in [0.1, 0.15) is 37.7 Å². The van der Waals surface area contributed by atoms with Gasteiger partial charge in [0.05, 0.1) is 57.8 Å². The van der Waals surface area contributed by atoms with Crippen molar-refractivity contribution in [2.45, 2.75) is 50.2 Å². The van der Waals surface area contributed by atoms with Crippen molar-refractivity contribution in [1.29, 1.82) is 0 Å². The predicted molar refractivity (Wildman–Crippen MR) is 158 cm³/mol. The quantitative estimate of drug-likeness (QED) is 0.0643. The van der Waals surface area contributed by atoms with Crippen molar-refractivity contribution < 1.29 is 46.5 Å². The van der Waals surface area contributed by atoms with E-state index in [4.69, 9.17) is 49.1 Å². The first-order chi connectivity index (χ1) is 20.8. The fourth-order valence-corrected chi connectivity index (χ4v) is 3.54. The lowest BCUT2D eigenvalue weighted by Gasteiger charge is -2.22. The molecule has 0 spiro atoms. The molecule has 1 aliphatic rings. The van der Waals surface area contributed by atoms with Crippen molar-refractivity contribution in [3.8, 4) is 0 Å². The average molecular weight is 635 g/mol. The van der Waals surface area contributed by atoms with Gasteiger partial charge in [0.2, 0.25) is 0 Å². The molecule has 1 fully saturated rings. The Morgan fingerprint density at radius 1 is 0.837 bits per heavy atom. The molecule has 1 atom stereocenters. The third kappa shape index (κ3) is 28.0. The minimum atomic E-state index is -4.02. The smallest absolute Gasteiger partial charge is 0.294 e. The molecule has 0 radical (unpaired) electrons. The summed E-state index contributed by atoms with van der Waals surface area (Å²) < 4.78 is 61.3. The third-order valence-electron chi connectivity index (χ3n) is 5.19. The van der Waals surface area contributed by atoms with Crippen LogP contribution in [0.5, 0.6) is 0 Å². The molecule has 2 N–H and O–H groups in total. The van der Waals surface area contributed by atoms with Gasteiger partial charge < -0.3 is 33.5 Å². The van der Waals surface area contributed by atoms with Crippen LogP contribution in [0.25, 0.3) is 20.9 Å². The minimum Gasteiger partial charge on any atom is -0.394 e. The molecule has 1 aliphatic heterocycles. The Kier molecular flexibility index (Phi) is 27.8. The SMILES string of the molecule is Cc1ccc(S(=O)(=O)O)cc1.[N-]=[N+]=NCCCOCCOCCO.[N-]=[N+]=NCCCOCCOCCOC1CCCCO1. The van der Waals surface area contributed by atoms with Crippen LogP contribution in [-0.2, 0) is 38.5 Å². The van der Waals surface area contributed by atoms with Crippen LogP contribution in [0.3, 0.4) is 0 Å². The highest BCUT2D eigenvalue weighted by atomic mass is 32.2. The number of aliphatic hydroxyl groups is 1. The van der Waals surface area contributed by atoms with E-state index >= 15 is 0 Å². The van der Waals surface area contributed by atoms with Crippen molar-refractivity contribution in [3.63, 3.8) is 0 Å². The van der Waals surface area contributed by atoms with E-state index in [1.165, 1.54) is 18.6 Å². The van der Waals surface area contributed by atoms with Gasteiger partial charge in [0.1, 0.15) is 0 Å². The van der Waals surface area contributed by atoms with Crippen molar-refractivity contribution >= 4 is 10.1 Å². The molecular formula is C26H46N6O10S. The number of azide groups is 2. The highest BCUT2D eigenvalue weighted by Gasteiger charge is 2.13. The van der Waals surface area contributed by atoms with E-state index in [1.807, 2.05) is 6.92 Å². The third-order valence-corrected chi connectivity index (χ3v) is 6.06. The molecule has 43 heavy (non-hydrogen) atoms. The summed E-state index contributed by atoms with van der Waals surface area (Å²) in [6.07, 6.45) is 4.71. The number of hydrogen-bond donors (Lipinski definition) is 2. The first-order valence-electron chi connectivity index (χ1n) is 14.1. The maximum atomic E-state index is 10.5. The summed E-state index contributed by atoms with van der Waals surface area (Å²) in [5.74, 6) is 0. The second-order valence-electron chi connectivity index (χ2n) is 8.74. The van der Waals surface area contributed by atoms with Crippen LogP contribution in [0, 0.1) is 6.92 Å². The maximum absolute atomic E-state index is 10.5. The van der Waals surface area contributed by atoms with Crippen LogP contribution >= 0.6 is 0 Å². The fraction of sp³-hybridized carbons (Fsp3) is 0.769. The van der Waals surface area contributed by atoms with Gasteiger partial charge in [0, 0.05) is 42.7 Å². The monoisotopic (exact) mass is 634 g/mol. The summed E-state index contributed by atoms with van der Waals surface area (Å²) in [6, 6.07) is 5.99. The van der Waals surface area contributed by atoms with Gasteiger partial charge in [0.15, 0.2) is 6.29 Å². The highest BCUT2D eigenvalue weighted by Crippen LogP contribution is 2.13. The van der Waals surface area contributed by atoms with E-state index < -0.39 is 10.1 Å². The molecule has 1 unspecified atom stereocenters. The number of ether oxygens (including phenoxy) is 6. The molecule has 0 saturated carbocycles. The molecule has 0 aliphatic carbocycles. The second kappa shape index (κ2) is 29.5. The lowest BCUT2D eigenvalue weighted by molar-refractivity contribution is -0.169. The Bertz CT molecular complexity index is 985. The van der Waals surface area contributed by atoms with Crippen molar-refractivity contribution in [3.05, 3.63) is 50.7 Å². The Hall–Kier alpha value is -2.53. The molecule has 1 heterocycles. The van der Waals surface area contributed by atoms with Crippen LogP contribution in [-0.4, -0.2) is 110 Å². The molecule has 17 heteroatoms. The molecular weight excluding hydrogens is 588 g/mol. The topological polar surface area (TPSA) is 228 Å². The molecule has 246 valence electrons. The standard InChI is InChI=1S/C12H23N3O4.C7H15N3O3.C7H8O3S/c13-15-14-5-3-6-16-8-9-17-10-11-19-12-4-1-2-7-18-12;8-10-9-2-1-4-12-6-7-13-5-3-11;1-6-2-4-7(5-3-6)11(8,9)10/h12H,1-11H2;11H,1-7H2;2-5H,1H3,(H,8,9,10). The van der Waals surface area contributed by atoms with E-state index in [9.17, 15) is 8.42 Å². The van der Waals surface area contributed by atoms with E-state index in [-0.39, 0.29) is 17.8 Å². The van der Waals surface area contributed by atoms with Gasteiger partial charge >= 0.3 is 0 Å². The molecule has 2 rings (SSSR count). The van der Waals surface area contributed by atoms with Gasteiger partial charge in [-0.1, -0.05) is 27.9 Å². The Balaban J connectivity index is 0.000000645. The van der Waals surface area contributed by atoms with E-state index in [1.54, 1.807) is 12.1 Å². The van der Waals surface area contributed by atoms with E-state index in [0.717, 1.165) is 37.9 Å². The summed E-state index contributed by atoms with van der Waals surface area (Å²) in [6.45, 7) is 8.35. The molecule has 0 bridgehead atoms. The van der Waals surface area contributed by atoms with Crippen LogP contribution in [0.4, 0.5) is 0 Å². The molecule has 0 amide bonds. The van der Waals surface area contributed by atoms with Crippen LogP contribution in [0.2, 0.25) is 0 Å². The number of benzene rings is 1.